The van der Waals surface area contributed by atoms with E-state index in [0.717, 1.165) is 17.2 Å². The third kappa shape index (κ3) is 2.21. The summed E-state index contributed by atoms with van der Waals surface area (Å²) in [6, 6.07) is 3.77. The maximum Gasteiger partial charge on any atom is 0.308 e. The van der Waals surface area contributed by atoms with Gasteiger partial charge in [-0.05, 0) is 49.1 Å². The van der Waals surface area contributed by atoms with E-state index in [-0.39, 0.29) is 5.97 Å². The molecule has 1 fully saturated rings. The van der Waals surface area contributed by atoms with Gasteiger partial charge in [0.2, 0.25) is 0 Å². The molecule has 0 heterocycles. The first kappa shape index (κ1) is 13.2. The largest absolute Gasteiger partial charge is 0.496 e. The summed E-state index contributed by atoms with van der Waals surface area (Å²) in [5.41, 5.74) is 2.42. The minimum atomic E-state index is -0.304. The van der Waals surface area contributed by atoms with Gasteiger partial charge in [-0.3, -0.25) is 4.79 Å². The molecule has 1 aromatic carbocycles. The number of hydrogen-bond donors (Lipinski definition) is 0. The molecule has 3 nitrogen and oxygen atoms in total. The molecule has 1 saturated carbocycles. The van der Waals surface area contributed by atoms with Crippen LogP contribution in [0.25, 0.3) is 0 Å². The molecule has 3 heteroatoms. The fourth-order valence-corrected chi connectivity index (χ4v) is 3.72. The van der Waals surface area contributed by atoms with Gasteiger partial charge in [0, 0.05) is 18.6 Å². The molecule has 3 rings (SSSR count). The summed E-state index contributed by atoms with van der Waals surface area (Å²) >= 11 is 0. The SMILES string of the molecule is COc1cc(OC(C)=O)cc(C)c1C1CC2C=CC1C2. The van der Waals surface area contributed by atoms with Crippen molar-refractivity contribution >= 4 is 5.97 Å². The van der Waals surface area contributed by atoms with Crippen molar-refractivity contribution in [1.29, 1.82) is 0 Å². The molecule has 2 aliphatic rings. The molecule has 106 valence electrons. The Morgan fingerprint density at radius 3 is 2.60 bits per heavy atom. The van der Waals surface area contributed by atoms with Gasteiger partial charge in [0.05, 0.1) is 7.11 Å². The number of hydrogen-bond acceptors (Lipinski definition) is 3. The van der Waals surface area contributed by atoms with Gasteiger partial charge in [-0.15, -0.1) is 0 Å². The number of carbonyl (C=O) groups excluding carboxylic acids is 1. The lowest BCUT2D eigenvalue weighted by Crippen LogP contribution is -2.10. The third-order valence-corrected chi connectivity index (χ3v) is 4.45. The summed E-state index contributed by atoms with van der Waals surface area (Å²) in [4.78, 5) is 11.1. The smallest absolute Gasteiger partial charge is 0.308 e. The van der Waals surface area contributed by atoms with E-state index in [1.54, 1.807) is 7.11 Å². The Morgan fingerprint density at radius 1 is 1.25 bits per heavy atom. The van der Waals surface area contributed by atoms with Gasteiger partial charge in [0.15, 0.2) is 0 Å². The highest BCUT2D eigenvalue weighted by molar-refractivity contribution is 5.70. The standard InChI is InChI=1S/C17H20O3/c1-10-6-14(20-11(2)18)9-16(19-3)17(10)15-8-12-4-5-13(15)7-12/h4-6,9,12-13,15H,7-8H2,1-3H3. The summed E-state index contributed by atoms with van der Waals surface area (Å²) in [5, 5.41) is 0. The fourth-order valence-electron chi connectivity index (χ4n) is 3.72. The Bertz CT molecular complexity index is 574. The second-order valence-corrected chi connectivity index (χ2v) is 5.84. The van der Waals surface area contributed by atoms with Gasteiger partial charge in [0.25, 0.3) is 0 Å². The number of fused-ring (bicyclic) bond motifs is 2. The lowest BCUT2D eigenvalue weighted by Gasteiger charge is -2.23. The number of allylic oxidation sites excluding steroid dienone is 2. The zero-order valence-corrected chi connectivity index (χ0v) is 12.2. The summed E-state index contributed by atoms with van der Waals surface area (Å²) < 4.78 is 10.7. The van der Waals surface area contributed by atoms with Crippen molar-refractivity contribution in [3.63, 3.8) is 0 Å². The van der Waals surface area contributed by atoms with Crippen molar-refractivity contribution in [2.24, 2.45) is 11.8 Å². The van der Waals surface area contributed by atoms with E-state index in [1.807, 2.05) is 12.1 Å². The molecule has 0 amide bonds. The first-order valence-electron chi connectivity index (χ1n) is 7.13. The van der Waals surface area contributed by atoms with Crippen LogP contribution in [0.1, 0.15) is 36.8 Å². The average Bonchev–Trinajstić information content (AvgIpc) is 2.99. The predicted molar refractivity (Wildman–Crippen MR) is 77.1 cm³/mol. The Kier molecular flexibility index (Phi) is 3.28. The van der Waals surface area contributed by atoms with Crippen molar-refractivity contribution < 1.29 is 14.3 Å². The molecule has 0 aliphatic heterocycles. The number of carbonyl (C=O) groups is 1. The molecule has 0 spiro atoms. The van der Waals surface area contributed by atoms with Crippen LogP contribution in [0.3, 0.4) is 0 Å². The Morgan fingerprint density at radius 2 is 2.05 bits per heavy atom. The van der Waals surface area contributed by atoms with Crippen molar-refractivity contribution in [2.75, 3.05) is 7.11 Å². The van der Waals surface area contributed by atoms with Crippen LogP contribution in [0.4, 0.5) is 0 Å². The van der Waals surface area contributed by atoms with Crippen LogP contribution < -0.4 is 9.47 Å². The van der Waals surface area contributed by atoms with Gasteiger partial charge >= 0.3 is 5.97 Å². The minimum Gasteiger partial charge on any atom is -0.496 e. The second kappa shape index (κ2) is 4.97. The summed E-state index contributed by atoms with van der Waals surface area (Å²) in [6.07, 6.45) is 7.15. The molecule has 0 radical (unpaired) electrons. The van der Waals surface area contributed by atoms with Crippen molar-refractivity contribution in [2.45, 2.75) is 32.6 Å². The van der Waals surface area contributed by atoms with Crippen LogP contribution in [0.2, 0.25) is 0 Å². The lowest BCUT2D eigenvalue weighted by atomic mass is 9.84. The van der Waals surface area contributed by atoms with Crippen LogP contribution in [0.15, 0.2) is 24.3 Å². The average molecular weight is 272 g/mol. The summed E-state index contributed by atoms with van der Waals surface area (Å²) in [6.45, 7) is 3.48. The van der Waals surface area contributed by atoms with Crippen LogP contribution in [0, 0.1) is 18.8 Å². The van der Waals surface area contributed by atoms with Gasteiger partial charge in [-0.2, -0.15) is 0 Å². The van der Waals surface area contributed by atoms with Crippen LogP contribution in [-0.4, -0.2) is 13.1 Å². The van der Waals surface area contributed by atoms with Gasteiger partial charge in [-0.1, -0.05) is 12.2 Å². The monoisotopic (exact) mass is 272 g/mol. The number of methoxy groups -OCH3 is 1. The molecule has 3 atom stereocenters. The van der Waals surface area contributed by atoms with Crippen LogP contribution in [0.5, 0.6) is 11.5 Å². The van der Waals surface area contributed by atoms with Crippen molar-refractivity contribution in [3.05, 3.63) is 35.4 Å². The van der Waals surface area contributed by atoms with E-state index >= 15 is 0 Å². The molecular weight excluding hydrogens is 252 g/mol. The number of esters is 1. The molecule has 0 N–H and O–H groups in total. The topological polar surface area (TPSA) is 35.5 Å². The fraction of sp³-hybridized carbons (Fsp3) is 0.471. The van der Waals surface area contributed by atoms with Gasteiger partial charge in [-0.25, -0.2) is 0 Å². The summed E-state index contributed by atoms with van der Waals surface area (Å²) in [7, 11) is 1.68. The molecule has 2 bridgehead atoms. The van der Waals surface area contributed by atoms with E-state index < -0.39 is 0 Å². The summed E-state index contributed by atoms with van der Waals surface area (Å²) in [5.74, 6) is 2.99. The van der Waals surface area contributed by atoms with Crippen LogP contribution >= 0.6 is 0 Å². The predicted octanol–water partition coefficient (Wildman–Crippen LogP) is 3.61. The highest BCUT2D eigenvalue weighted by Crippen LogP contribution is 2.52. The van der Waals surface area contributed by atoms with E-state index in [4.69, 9.17) is 9.47 Å². The number of ether oxygens (including phenoxy) is 2. The van der Waals surface area contributed by atoms with Crippen LogP contribution in [-0.2, 0) is 4.79 Å². The van der Waals surface area contributed by atoms with Crippen molar-refractivity contribution in [3.8, 4) is 11.5 Å². The highest BCUT2D eigenvalue weighted by Gasteiger charge is 2.38. The highest BCUT2D eigenvalue weighted by atomic mass is 16.5. The molecule has 1 aromatic rings. The first-order valence-corrected chi connectivity index (χ1v) is 7.13. The van der Waals surface area contributed by atoms with Gasteiger partial charge < -0.3 is 9.47 Å². The lowest BCUT2D eigenvalue weighted by molar-refractivity contribution is -0.131. The van der Waals surface area contributed by atoms with Crippen molar-refractivity contribution in [1.82, 2.24) is 0 Å². The molecule has 3 unspecified atom stereocenters. The normalized spacial score (nSPS) is 26.9. The molecule has 20 heavy (non-hydrogen) atoms. The number of aryl methyl sites for hydroxylation is 1. The molecular formula is C17H20O3. The Hall–Kier alpha value is -1.77. The quantitative estimate of drug-likeness (QED) is 0.479. The van der Waals surface area contributed by atoms with E-state index in [1.165, 1.54) is 25.3 Å². The molecule has 2 aliphatic carbocycles. The first-order chi connectivity index (χ1) is 9.58. The van der Waals surface area contributed by atoms with E-state index in [2.05, 4.69) is 19.1 Å². The third-order valence-electron chi connectivity index (χ3n) is 4.45. The Balaban J connectivity index is 1.98. The zero-order chi connectivity index (χ0) is 14.3. The second-order valence-electron chi connectivity index (χ2n) is 5.84. The maximum atomic E-state index is 11.1. The molecule has 0 aromatic heterocycles. The zero-order valence-electron chi connectivity index (χ0n) is 12.2. The maximum absolute atomic E-state index is 11.1. The van der Waals surface area contributed by atoms with E-state index in [9.17, 15) is 4.79 Å². The molecule has 0 saturated heterocycles. The van der Waals surface area contributed by atoms with Gasteiger partial charge in [0.1, 0.15) is 11.5 Å². The number of rotatable bonds is 3. The van der Waals surface area contributed by atoms with E-state index in [0.29, 0.717) is 17.6 Å². The number of benzene rings is 1. The minimum absolute atomic E-state index is 0.304. The Labute approximate surface area is 119 Å².